The highest BCUT2D eigenvalue weighted by Crippen LogP contribution is 2.52. The van der Waals surface area contributed by atoms with Crippen molar-refractivity contribution in [3.05, 3.63) is 193 Å². The van der Waals surface area contributed by atoms with Gasteiger partial charge in [0.1, 0.15) is 11.2 Å². The van der Waals surface area contributed by atoms with Crippen molar-refractivity contribution in [3.63, 3.8) is 0 Å². The van der Waals surface area contributed by atoms with E-state index < -0.39 is 0 Å². The molecule has 11 aromatic rings. The molecule has 1 N–H and O–H groups in total. The molecule has 12 rings (SSSR count). The number of hydrogen-bond donors (Lipinski definition) is 1. The van der Waals surface area contributed by atoms with Crippen LogP contribution in [0.25, 0.3) is 98.5 Å². The van der Waals surface area contributed by atoms with Gasteiger partial charge in [0.25, 0.3) is 0 Å². The van der Waals surface area contributed by atoms with Crippen LogP contribution in [-0.4, -0.2) is 15.0 Å². The van der Waals surface area contributed by atoms with Crippen LogP contribution >= 0.6 is 11.3 Å². The summed E-state index contributed by atoms with van der Waals surface area (Å²) in [5.74, 6) is 1.80. The second-order valence-corrected chi connectivity index (χ2v) is 15.8. The lowest BCUT2D eigenvalue weighted by Gasteiger charge is -2.32. The summed E-state index contributed by atoms with van der Waals surface area (Å²) >= 11 is 1.87. The fourth-order valence-corrected chi connectivity index (χ4v) is 9.84. The van der Waals surface area contributed by atoms with E-state index in [-0.39, 0.29) is 6.04 Å². The van der Waals surface area contributed by atoms with Crippen molar-refractivity contribution in [2.75, 3.05) is 5.32 Å². The minimum absolute atomic E-state index is 0.0177. The molecular weight excluding hydrogens is 729 g/mol. The maximum atomic E-state index is 6.72. The summed E-state index contributed by atoms with van der Waals surface area (Å²) in [5.41, 5.74) is 12.7. The van der Waals surface area contributed by atoms with Crippen molar-refractivity contribution in [3.8, 4) is 56.4 Å². The number of anilines is 1. The molecule has 272 valence electrons. The number of thiophene rings is 1. The average molecular weight is 761 g/mol. The quantitative estimate of drug-likeness (QED) is 0.189. The van der Waals surface area contributed by atoms with E-state index in [0.29, 0.717) is 17.5 Å². The van der Waals surface area contributed by atoms with E-state index in [9.17, 15) is 0 Å². The standard InChI is InChI=1S/C52H32N4OS/c1-4-14-31(15-5-1)47-39-27-29-44-46(37-20-10-11-25-43(37)58-44)45(39)38-23-12-21-35(48(38)53-47)34-26-28-42-41(30-34)36-22-13-24-40(49(36)57-42)52-55-50(32-16-6-2-7-17-32)54-51(56-52)33-18-8-3-9-19-33/h1-30,47,53H. The molecule has 0 bridgehead atoms. The van der Waals surface area contributed by atoms with Gasteiger partial charge in [-0.1, -0.05) is 152 Å². The Morgan fingerprint density at radius 3 is 1.88 bits per heavy atom. The van der Waals surface area contributed by atoms with Crippen molar-refractivity contribution in [1.82, 2.24) is 15.0 Å². The van der Waals surface area contributed by atoms with Gasteiger partial charge >= 0.3 is 0 Å². The lowest BCUT2D eigenvalue weighted by Crippen LogP contribution is -2.19. The van der Waals surface area contributed by atoms with Crippen molar-refractivity contribution < 1.29 is 4.42 Å². The molecule has 0 radical (unpaired) electrons. The summed E-state index contributed by atoms with van der Waals surface area (Å²) in [6, 6.07) is 63.8. The SMILES string of the molecule is c1ccc(-c2nc(-c3ccccc3)nc(-c3cccc4c3oc3ccc(-c5cccc6c5NC(c5ccccc5)c5ccc7sc8ccccc8c7c5-6)cc34)n2)cc1. The van der Waals surface area contributed by atoms with Crippen LogP contribution in [-0.2, 0) is 0 Å². The third-order valence-electron chi connectivity index (χ3n) is 11.4. The number of fused-ring (bicyclic) bond motifs is 10. The third kappa shape index (κ3) is 5.19. The van der Waals surface area contributed by atoms with E-state index in [0.717, 1.165) is 55.4 Å². The van der Waals surface area contributed by atoms with Crippen LogP contribution in [0.4, 0.5) is 5.69 Å². The summed E-state index contributed by atoms with van der Waals surface area (Å²) in [6.07, 6.45) is 0. The van der Waals surface area contributed by atoms with E-state index in [1.54, 1.807) is 0 Å². The smallest absolute Gasteiger partial charge is 0.167 e. The van der Waals surface area contributed by atoms with Crippen LogP contribution in [0.1, 0.15) is 17.2 Å². The summed E-state index contributed by atoms with van der Waals surface area (Å²) in [6.45, 7) is 0. The average Bonchev–Trinajstić information content (AvgIpc) is 3.87. The summed E-state index contributed by atoms with van der Waals surface area (Å²) < 4.78 is 9.33. The number of para-hydroxylation sites is 2. The van der Waals surface area contributed by atoms with E-state index in [2.05, 4.69) is 121 Å². The summed E-state index contributed by atoms with van der Waals surface area (Å²) in [5, 5.41) is 8.72. The number of nitrogens with one attached hydrogen (secondary N) is 1. The summed E-state index contributed by atoms with van der Waals surface area (Å²) in [4.78, 5) is 15.0. The van der Waals surface area contributed by atoms with Gasteiger partial charge in [0, 0.05) is 53.2 Å². The Balaban J connectivity index is 1.04. The van der Waals surface area contributed by atoms with Gasteiger partial charge in [0.05, 0.1) is 17.3 Å². The largest absolute Gasteiger partial charge is 0.455 e. The van der Waals surface area contributed by atoms with Crippen molar-refractivity contribution in [1.29, 1.82) is 0 Å². The van der Waals surface area contributed by atoms with Gasteiger partial charge in [-0.05, 0) is 52.6 Å². The monoisotopic (exact) mass is 760 g/mol. The van der Waals surface area contributed by atoms with Crippen molar-refractivity contribution >= 4 is 59.1 Å². The molecule has 0 amide bonds. The van der Waals surface area contributed by atoms with Gasteiger partial charge in [-0.15, -0.1) is 11.3 Å². The van der Waals surface area contributed by atoms with Gasteiger partial charge in [-0.3, -0.25) is 0 Å². The van der Waals surface area contributed by atoms with Crippen LogP contribution < -0.4 is 5.32 Å². The fourth-order valence-electron chi connectivity index (χ4n) is 8.72. The molecule has 6 heteroatoms. The van der Waals surface area contributed by atoms with E-state index in [1.165, 1.54) is 42.4 Å². The molecule has 58 heavy (non-hydrogen) atoms. The minimum atomic E-state index is -0.0177. The lowest BCUT2D eigenvalue weighted by atomic mass is 9.82. The molecule has 5 nitrogen and oxygen atoms in total. The molecule has 0 fully saturated rings. The first-order valence-corrected chi connectivity index (χ1v) is 20.3. The topological polar surface area (TPSA) is 63.8 Å². The molecule has 0 saturated heterocycles. The number of aromatic nitrogens is 3. The van der Waals surface area contributed by atoms with Crippen molar-refractivity contribution in [2.24, 2.45) is 0 Å². The highest BCUT2D eigenvalue weighted by atomic mass is 32.1. The molecule has 4 heterocycles. The number of furan rings is 1. The highest BCUT2D eigenvalue weighted by molar-refractivity contribution is 7.26. The second kappa shape index (κ2) is 13.1. The van der Waals surface area contributed by atoms with E-state index in [4.69, 9.17) is 19.4 Å². The number of rotatable bonds is 5. The third-order valence-corrected chi connectivity index (χ3v) is 12.5. The normalized spacial score (nSPS) is 13.5. The van der Waals surface area contributed by atoms with Crippen LogP contribution in [0.2, 0.25) is 0 Å². The van der Waals surface area contributed by atoms with Gasteiger partial charge < -0.3 is 9.73 Å². The second-order valence-electron chi connectivity index (χ2n) is 14.8. The Kier molecular flexibility index (Phi) is 7.40. The predicted octanol–water partition coefficient (Wildman–Crippen LogP) is 14.0. The van der Waals surface area contributed by atoms with Gasteiger partial charge in [-0.25, -0.2) is 15.0 Å². The Labute approximate surface area is 338 Å². The number of benzene rings is 8. The van der Waals surface area contributed by atoms with Crippen LogP contribution in [0.15, 0.2) is 186 Å². The van der Waals surface area contributed by atoms with Crippen LogP contribution in [0, 0.1) is 0 Å². The Bertz CT molecular complexity index is 3320. The zero-order valence-electron chi connectivity index (χ0n) is 31.1. The van der Waals surface area contributed by atoms with E-state index in [1.807, 2.05) is 78.1 Å². The summed E-state index contributed by atoms with van der Waals surface area (Å²) in [7, 11) is 0. The molecule has 8 aromatic carbocycles. The Hall–Kier alpha value is -7.41. The molecule has 3 aromatic heterocycles. The minimum Gasteiger partial charge on any atom is -0.455 e. The van der Waals surface area contributed by atoms with E-state index >= 15 is 0 Å². The maximum Gasteiger partial charge on any atom is 0.167 e. The fraction of sp³-hybridized carbons (Fsp3) is 0.0192. The molecule has 0 saturated carbocycles. The molecule has 0 spiro atoms. The zero-order valence-corrected chi connectivity index (χ0v) is 31.9. The van der Waals surface area contributed by atoms with Crippen LogP contribution in [0.3, 0.4) is 0 Å². The maximum absolute atomic E-state index is 6.72. The highest BCUT2D eigenvalue weighted by Gasteiger charge is 2.30. The van der Waals surface area contributed by atoms with Crippen molar-refractivity contribution in [2.45, 2.75) is 6.04 Å². The van der Waals surface area contributed by atoms with Gasteiger partial charge in [0.2, 0.25) is 0 Å². The first kappa shape index (κ1) is 32.8. The molecule has 1 aliphatic heterocycles. The zero-order chi connectivity index (χ0) is 38.2. The molecule has 0 aliphatic carbocycles. The lowest BCUT2D eigenvalue weighted by molar-refractivity contribution is 0.669. The Morgan fingerprint density at radius 1 is 0.466 bits per heavy atom. The van der Waals surface area contributed by atoms with Crippen LogP contribution in [0.5, 0.6) is 0 Å². The predicted molar refractivity (Wildman–Crippen MR) is 239 cm³/mol. The molecular formula is C52H32N4OS. The molecule has 1 aliphatic rings. The number of hydrogen-bond acceptors (Lipinski definition) is 6. The van der Waals surface area contributed by atoms with Gasteiger partial charge in [-0.2, -0.15) is 0 Å². The number of nitrogens with zero attached hydrogens (tertiary/aromatic N) is 3. The Morgan fingerprint density at radius 2 is 1.10 bits per heavy atom. The molecule has 1 unspecified atom stereocenters. The van der Waals surface area contributed by atoms with Gasteiger partial charge in [0.15, 0.2) is 17.5 Å². The first-order chi connectivity index (χ1) is 28.7. The molecule has 1 atom stereocenters. The first-order valence-electron chi connectivity index (χ1n) is 19.5.